The summed E-state index contributed by atoms with van der Waals surface area (Å²) in [5, 5.41) is 18.4. The second-order valence-electron chi connectivity index (χ2n) is 6.42. The van der Waals surface area contributed by atoms with E-state index in [1.165, 1.54) is 12.1 Å². The fraction of sp³-hybridized carbons (Fsp3) is 0.250. The Bertz CT molecular complexity index is 999. The number of benzene rings is 2. The van der Waals surface area contributed by atoms with E-state index in [4.69, 9.17) is 14.3 Å². The van der Waals surface area contributed by atoms with E-state index in [-0.39, 0.29) is 12.2 Å². The molecule has 0 unspecified atom stereocenters. The lowest BCUT2D eigenvalue weighted by Crippen LogP contribution is -1.99. The van der Waals surface area contributed by atoms with E-state index in [1.54, 1.807) is 12.1 Å². The molecule has 0 saturated carbocycles. The summed E-state index contributed by atoms with van der Waals surface area (Å²) in [6.07, 6.45) is 0.895. The van der Waals surface area contributed by atoms with Gasteiger partial charge in [0.05, 0.1) is 11.1 Å². The number of oxazole rings is 1. The molecule has 0 atom stereocenters. The molecule has 0 aliphatic rings. The number of aromatic nitrogens is 1. The number of carboxylic acids is 1. The lowest BCUT2D eigenvalue weighted by atomic mass is 10.0. The highest BCUT2D eigenvalue weighted by atomic mass is 16.5. The third-order valence-corrected chi connectivity index (χ3v) is 3.84. The summed E-state index contributed by atoms with van der Waals surface area (Å²) < 4.78 is 11.2. The van der Waals surface area contributed by atoms with Crippen LogP contribution >= 0.6 is 0 Å². The average molecular weight is 350 g/mol. The zero-order chi connectivity index (χ0) is 18.7. The van der Waals surface area contributed by atoms with Crippen molar-refractivity contribution in [2.24, 2.45) is 5.92 Å². The third-order valence-electron chi connectivity index (χ3n) is 3.84. The van der Waals surface area contributed by atoms with Crippen LogP contribution in [0.25, 0.3) is 11.1 Å². The molecule has 3 rings (SSSR count). The largest absolute Gasteiger partial charge is 0.482 e. The van der Waals surface area contributed by atoms with Gasteiger partial charge in [-0.1, -0.05) is 19.9 Å². The minimum atomic E-state index is -1.03. The van der Waals surface area contributed by atoms with Crippen LogP contribution in [0.3, 0.4) is 0 Å². The van der Waals surface area contributed by atoms with Gasteiger partial charge in [-0.2, -0.15) is 5.26 Å². The number of carbonyl (C=O) groups is 1. The van der Waals surface area contributed by atoms with E-state index in [9.17, 15) is 10.1 Å². The molecule has 0 spiro atoms. The van der Waals surface area contributed by atoms with Gasteiger partial charge in [0.25, 0.3) is 0 Å². The standard InChI is InChI=1S/C20H18N2O4/c1-12(2)7-13-3-6-17(15(8-13)10-21)25-11-19-22-16-5-4-14(20(23)24)9-18(16)26-19/h3-6,8-9,12H,7,11H2,1-2H3,(H,23,24). The van der Waals surface area contributed by atoms with E-state index >= 15 is 0 Å². The topological polar surface area (TPSA) is 96.3 Å². The quantitative estimate of drug-likeness (QED) is 0.716. The van der Waals surface area contributed by atoms with Crippen LogP contribution in [0.5, 0.6) is 5.75 Å². The van der Waals surface area contributed by atoms with Crippen molar-refractivity contribution in [3.63, 3.8) is 0 Å². The molecule has 1 aromatic heterocycles. The Balaban J connectivity index is 1.77. The van der Waals surface area contributed by atoms with Crippen LogP contribution in [0.4, 0.5) is 0 Å². The van der Waals surface area contributed by atoms with Gasteiger partial charge in [-0.05, 0) is 48.2 Å². The van der Waals surface area contributed by atoms with Crippen LogP contribution in [0.1, 0.15) is 41.2 Å². The minimum absolute atomic E-state index is 0.0509. The van der Waals surface area contributed by atoms with Crippen molar-refractivity contribution in [1.82, 2.24) is 4.98 Å². The number of aromatic carboxylic acids is 1. The Morgan fingerprint density at radius 2 is 2.12 bits per heavy atom. The predicted octanol–water partition coefficient (Wildman–Crippen LogP) is 4.18. The summed E-state index contributed by atoms with van der Waals surface area (Å²) in [5.41, 5.74) is 2.63. The summed E-state index contributed by atoms with van der Waals surface area (Å²) in [6.45, 7) is 4.30. The van der Waals surface area contributed by atoms with Crippen molar-refractivity contribution in [2.45, 2.75) is 26.9 Å². The molecular weight excluding hydrogens is 332 g/mol. The Hall–Kier alpha value is -3.33. The second kappa shape index (κ2) is 7.28. The van der Waals surface area contributed by atoms with Crippen LogP contribution < -0.4 is 4.74 Å². The van der Waals surface area contributed by atoms with Gasteiger partial charge in [0.2, 0.25) is 5.89 Å². The fourth-order valence-electron chi connectivity index (χ4n) is 2.70. The van der Waals surface area contributed by atoms with Crippen LogP contribution in [-0.4, -0.2) is 16.1 Å². The van der Waals surface area contributed by atoms with E-state index in [1.807, 2.05) is 12.1 Å². The number of carboxylic acid groups (broad SMARTS) is 1. The zero-order valence-corrected chi connectivity index (χ0v) is 14.5. The van der Waals surface area contributed by atoms with E-state index in [0.717, 1.165) is 12.0 Å². The van der Waals surface area contributed by atoms with E-state index < -0.39 is 5.97 Å². The molecule has 0 aliphatic carbocycles. The highest BCUT2D eigenvalue weighted by molar-refractivity contribution is 5.91. The molecule has 6 nitrogen and oxygen atoms in total. The van der Waals surface area contributed by atoms with Crippen molar-refractivity contribution in [1.29, 1.82) is 5.26 Å². The highest BCUT2D eigenvalue weighted by Gasteiger charge is 2.12. The second-order valence-corrected chi connectivity index (χ2v) is 6.42. The number of hydrogen-bond donors (Lipinski definition) is 1. The molecule has 0 aliphatic heterocycles. The first-order valence-electron chi connectivity index (χ1n) is 8.25. The molecule has 0 radical (unpaired) electrons. The summed E-state index contributed by atoms with van der Waals surface area (Å²) >= 11 is 0. The zero-order valence-electron chi connectivity index (χ0n) is 14.5. The monoisotopic (exact) mass is 350 g/mol. The van der Waals surface area contributed by atoms with Crippen molar-refractivity contribution >= 4 is 17.1 Å². The Morgan fingerprint density at radius 1 is 1.31 bits per heavy atom. The molecule has 132 valence electrons. The van der Waals surface area contributed by atoms with Crippen LogP contribution in [0, 0.1) is 17.2 Å². The van der Waals surface area contributed by atoms with Gasteiger partial charge in [-0.15, -0.1) is 0 Å². The van der Waals surface area contributed by atoms with Gasteiger partial charge >= 0.3 is 5.97 Å². The molecular formula is C20H18N2O4. The summed E-state index contributed by atoms with van der Waals surface area (Å²) in [7, 11) is 0. The number of hydrogen-bond acceptors (Lipinski definition) is 5. The normalized spacial score (nSPS) is 10.8. The maximum Gasteiger partial charge on any atom is 0.335 e. The average Bonchev–Trinajstić information content (AvgIpc) is 3.01. The molecule has 6 heteroatoms. The van der Waals surface area contributed by atoms with Crippen LogP contribution in [-0.2, 0) is 13.0 Å². The molecule has 0 bridgehead atoms. The Morgan fingerprint density at radius 3 is 2.81 bits per heavy atom. The van der Waals surface area contributed by atoms with Gasteiger partial charge in [0.1, 0.15) is 17.3 Å². The third kappa shape index (κ3) is 3.83. The van der Waals surface area contributed by atoms with Gasteiger partial charge in [0.15, 0.2) is 12.2 Å². The molecule has 1 N–H and O–H groups in total. The van der Waals surface area contributed by atoms with Crippen LogP contribution in [0.2, 0.25) is 0 Å². The molecule has 2 aromatic carbocycles. The smallest absolute Gasteiger partial charge is 0.335 e. The highest BCUT2D eigenvalue weighted by Crippen LogP contribution is 2.23. The lowest BCUT2D eigenvalue weighted by molar-refractivity contribution is 0.0697. The molecule has 0 fully saturated rings. The first-order valence-corrected chi connectivity index (χ1v) is 8.25. The molecule has 26 heavy (non-hydrogen) atoms. The number of nitriles is 1. The maximum atomic E-state index is 11.0. The van der Waals surface area contributed by atoms with Crippen LogP contribution in [0.15, 0.2) is 40.8 Å². The minimum Gasteiger partial charge on any atom is -0.482 e. The maximum absolute atomic E-state index is 11.0. The van der Waals surface area contributed by atoms with Gasteiger partial charge in [-0.25, -0.2) is 9.78 Å². The lowest BCUT2D eigenvalue weighted by Gasteiger charge is -2.09. The van der Waals surface area contributed by atoms with E-state index in [0.29, 0.717) is 34.2 Å². The SMILES string of the molecule is CC(C)Cc1ccc(OCc2nc3ccc(C(=O)O)cc3o2)c(C#N)c1. The molecule has 1 heterocycles. The van der Waals surface area contributed by atoms with Crippen molar-refractivity contribution < 1.29 is 19.1 Å². The molecule has 0 saturated heterocycles. The van der Waals surface area contributed by atoms with E-state index in [2.05, 4.69) is 24.9 Å². The number of nitrogens with zero attached hydrogens (tertiary/aromatic N) is 2. The summed E-state index contributed by atoms with van der Waals surface area (Å²) in [5.74, 6) is 0.260. The number of ether oxygens (including phenoxy) is 1. The Labute approximate surface area is 150 Å². The summed E-state index contributed by atoms with van der Waals surface area (Å²) in [6, 6.07) is 12.2. The van der Waals surface area contributed by atoms with Gasteiger partial charge in [0, 0.05) is 0 Å². The summed E-state index contributed by atoms with van der Waals surface area (Å²) in [4.78, 5) is 15.3. The number of rotatable bonds is 6. The molecule has 0 amide bonds. The van der Waals surface area contributed by atoms with Crippen molar-refractivity contribution in [3.8, 4) is 11.8 Å². The van der Waals surface area contributed by atoms with Gasteiger partial charge < -0.3 is 14.3 Å². The predicted molar refractivity (Wildman–Crippen MR) is 95.0 cm³/mol. The number of fused-ring (bicyclic) bond motifs is 1. The van der Waals surface area contributed by atoms with Crippen molar-refractivity contribution in [2.75, 3.05) is 0 Å². The van der Waals surface area contributed by atoms with Crippen molar-refractivity contribution in [3.05, 3.63) is 59.0 Å². The Kier molecular flexibility index (Phi) is 4.90. The first-order chi connectivity index (χ1) is 12.5. The van der Waals surface area contributed by atoms with Gasteiger partial charge in [-0.3, -0.25) is 0 Å². The first kappa shape index (κ1) is 17.5. The fourth-order valence-corrected chi connectivity index (χ4v) is 2.70. The molecule has 3 aromatic rings.